The number of fused-ring (bicyclic) bond motifs is 1. The third-order valence-corrected chi connectivity index (χ3v) is 5.02. The normalized spacial score (nSPS) is 26.6. The van der Waals surface area contributed by atoms with E-state index in [-0.39, 0.29) is 25.0 Å². The van der Waals surface area contributed by atoms with Crippen molar-refractivity contribution in [2.45, 2.75) is 58.2 Å². The molecule has 1 aromatic rings. The van der Waals surface area contributed by atoms with Gasteiger partial charge in [0.05, 0.1) is 11.8 Å². The van der Waals surface area contributed by atoms with Crippen molar-refractivity contribution in [1.29, 1.82) is 0 Å². The molecule has 0 N–H and O–H groups in total. The van der Waals surface area contributed by atoms with Gasteiger partial charge in [-0.25, -0.2) is 0 Å². The summed E-state index contributed by atoms with van der Waals surface area (Å²) in [5.74, 6) is -0.527. The van der Waals surface area contributed by atoms with Gasteiger partial charge in [-0.05, 0) is 37.3 Å². The van der Waals surface area contributed by atoms with E-state index in [1.54, 1.807) is 0 Å². The van der Waals surface area contributed by atoms with Crippen LogP contribution < -0.4 is 0 Å². The molecule has 1 aromatic carbocycles. The summed E-state index contributed by atoms with van der Waals surface area (Å²) in [4.78, 5) is 24.5. The average molecular weight is 328 g/mol. The zero-order valence-corrected chi connectivity index (χ0v) is 14.1. The van der Waals surface area contributed by atoms with Crippen LogP contribution >= 0.6 is 0 Å². The van der Waals surface area contributed by atoms with Crippen molar-refractivity contribution in [3.8, 4) is 0 Å². The fourth-order valence-corrected chi connectivity index (χ4v) is 3.56. The monoisotopic (exact) mass is 328 g/mol. The summed E-state index contributed by atoms with van der Waals surface area (Å²) in [6.07, 6.45) is 6.76. The molecule has 0 amide bonds. The molecule has 1 aliphatic heterocycles. The number of carbonyl (C=O) groups is 2. The Morgan fingerprint density at radius 1 is 1.25 bits per heavy atom. The van der Waals surface area contributed by atoms with E-state index >= 15 is 0 Å². The predicted octanol–water partition coefficient (Wildman–Crippen LogP) is 3.94. The van der Waals surface area contributed by atoms with Crippen molar-refractivity contribution in [3.63, 3.8) is 0 Å². The number of carbonyl (C=O) groups excluding carboxylic acids is 2. The van der Waals surface area contributed by atoms with Crippen molar-refractivity contribution >= 4 is 11.9 Å². The van der Waals surface area contributed by atoms with Crippen LogP contribution in [0.2, 0.25) is 0 Å². The Kier molecular flexibility index (Phi) is 5.03. The van der Waals surface area contributed by atoms with Gasteiger partial charge in [-0.2, -0.15) is 0 Å². The second-order valence-corrected chi connectivity index (χ2v) is 6.84. The van der Waals surface area contributed by atoms with E-state index in [1.807, 2.05) is 37.3 Å². The molecule has 128 valence electrons. The lowest BCUT2D eigenvalue weighted by atomic mass is 9.75. The van der Waals surface area contributed by atoms with Gasteiger partial charge in [-0.15, -0.1) is 0 Å². The largest absolute Gasteiger partial charge is 0.461 e. The molecule has 24 heavy (non-hydrogen) atoms. The molecule has 1 fully saturated rings. The molecule has 4 heteroatoms. The summed E-state index contributed by atoms with van der Waals surface area (Å²) in [7, 11) is 0. The van der Waals surface area contributed by atoms with Gasteiger partial charge in [0.15, 0.2) is 0 Å². The van der Waals surface area contributed by atoms with E-state index in [9.17, 15) is 9.59 Å². The Balaban J connectivity index is 1.64. The van der Waals surface area contributed by atoms with Crippen LogP contribution in [0.4, 0.5) is 0 Å². The quantitative estimate of drug-likeness (QED) is 0.620. The molecule has 4 nitrogen and oxygen atoms in total. The van der Waals surface area contributed by atoms with E-state index < -0.39 is 11.5 Å². The van der Waals surface area contributed by atoms with Gasteiger partial charge in [-0.3, -0.25) is 9.59 Å². The fourth-order valence-electron chi connectivity index (χ4n) is 3.56. The van der Waals surface area contributed by atoms with Gasteiger partial charge in [0, 0.05) is 0 Å². The number of ether oxygens (including phenoxy) is 2. The maximum Gasteiger partial charge on any atom is 0.316 e. The van der Waals surface area contributed by atoms with Gasteiger partial charge >= 0.3 is 11.9 Å². The Morgan fingerprint density at radius 2 is 2.04 bits per heavy atom. The Labute approximate surface area is 142 Å². The van der Waals surface area contributed by atoms with Crippen LogP contribution in [0.3, 0.4) is 0 Å². The summed E-state index contributed by atoms with van der Waals surface area (Å²) < 4.78 is 10.9. The summed E-state index contributed by atoms with van der Waals surface area (Å²) >= 11 is 0. The minimum Gasteiger partial charge on any atom is -0.461 e. The maximum absolute atomic E-state index is 12.4. The number of hydrogen-bond donors (Lipinski definition) is 0. The van der Waals surface area contributed by atoms with Crippen molar-refractivity contribution in [3.05, 3.63) is 47.5 Å². The van der Waals surface area contributed by atoms with E-state index in [0.717, 1.165) is 43.2 Å². The molecule has 2 atom stereocenters. The summed E-state index contributed by atoms with van der Waals surface area (Å²) in [6, 6.07) is 9.57. The van der Waals surface area contributed by atoms with Crippen LogP contribution in [0.15, 0.2) is 42.0 Å². The van der Waals surface area contributed by atoms with Crippen LogP contribution in [0.1, 0.15) is 51.0 Å². The fraction of sp³-hybridized carbons (Fsp3) is 0.500. The lowest BCUT2D eigenvalue weighted by molar-refractivity contribution is -0.152. The first-order valence-corrected chi connectivity index (χ1v) is 8.71. The van der Waals surface area contributed by atoms with Gasteiger partial charge in [0.1, 0.15) is 12.7 Å². The summed E-state index contributed by atoms with van der Waals surface area (Å²) in [5.41, 5.74) is 1.36. The highest BCUT2D eigenvalue weighted by Gasteiger charge is 2.50. The summed E-state index contributed by atoms with van der Waals surface area (Å²) in [6.45, 7) is 2.19. The highest BCUT2D eigenvalue weighted by Crippen LogP contribution is 2.45. The topological polar surface area (TPSA) is 52.6 Å². The molecule has 0 aromatic heterocycles. The lowest BCUT2D eigenvalue weighted by Gasteiger charge is -2.24. The summed E-state index contributed by atoms with van der Waals surface area (Å²) in [5, 5.41) is 0. The number of hydrogen-bond acceptors (Lipinski definition) is 4. The molecule has 1 aliphatic carbocycles. The predicted molar refractivity (Wildman–Crippen MR) is 90.0 cm³/mol. The van der Waals surface area contributed by atoms with Crippen LogP contribution in [0.25, 0.3) is 0 Å². The number of benzene rings is 1. The Morgan fingerprint density at radius 3 is 2.83 bits per heavy atom. The first-order chi connectivity index (χ1) is 11.6. The third-order valence-electron chi connectivity index (χ3n) is 5.02. The zero-order chi connectivity index (χ0) is 17.0. The Hall–Kier alpha value is -2.10. The lowest BCUT2D eigenvalue weighted by Crippen LogP contribution is -2.25. The molecule has 0 radical (unpaired) electrons. The van der Waals surface area contributed by atoms with Crippen LogP contribution in [-0.2, 0) is 25.7 Å². The van der Waals surface area contributed by atoms with E-state index in [4.69, 9.17) is 9.47 Å². The first-order valence-electron chi connectivity index (χ1n) is 8.71. The molecule has 3 rings (SSSR count). The highest BCUT2D eigenvalue weighted by atomic mass is 16.6. The molecule has 0 spiro atoms. The first kappa shape index (κ1) is 16.7. The molecular formula is C20H24O4. The molecule has 0 bridgehead atoms. The maximum atomic E-state index is 12.4. The third kappa shape index (κ3) is 3.53. The van der Waals surface area contributed by atoms with Crippen molar-refractivity contribution in [1.82, 2.24) is 0 Å². The smallest absolute Gasteiger partial charge is 0.316 e. The van der Waals surface area contributed by atoms with Gasteiger partial charge in [0.25, 0.3) is 0 Å². The van der Waals surface area contributed by atoms with Crippen LogP contribution in [0.5, 0.6) is 0 Å². The second-order valence-electron chi connectivity index (χ2n) is 6.84. The Bertz CT molecular complexity index is 634. The van der Waals surface area contributed by atoms with E-state index in [1.165, 1.54) is 0 Å². The average Bonchev–Trinajstić information content (AvgIpc) is 2.78. The van der Waals surface area contributed by atoms with Crippen molar-refractivity contribution in [2.24, 2.45) is 5.41 Å². The molecule has 0 saturated carbocycles. The molecule has 1 saturated heterocycles. The molecular weight excluding hydrogens is 304 g/mol. The van der Waals surface area contributed by atoms with Crippen molar-refractivity contribution in [2.75, 3.05) is 0 Å². The number of cyclic esters (lactones) is 1. The van der Waals surface area contributed by atoms with Crippen LogP contribution in [-0.4, -0.2) is 18.0 Å². The van der Waals surface area contributed by atoms with Gasteiger partial charge < -0.3 is 9.47 Å². The van der Waals surface area contributed by atoms with Gasteiger partial charge in [-0.1, -0.05) is 49.2 Å². The van der Waals surface area contributed by atoms with Crippen LogP contribution in [0, 0.1) is 5.41 Å². The highest BCUT2D eigenvalue weighted by molar-refractivity contribution is 5.85. The standard InChI is InChI=1S/C20H24O4/c1-20-12-8-3-2-7-11-16(20)17(24-19(20)22)13-18(21)23-14-15-9-5-4-6-10-15/h4-6,9-11,17H,2-3,7-8,12-14H2,1H3/t17-,20?/m0/s1. The second kappa shape index (κ2) is 7.20. The van der Waals surface area contributed by atoms with E-state index in [2.05, 4.69) is 6.08 Å². The number of allylic oxidation sites excluding steroid dienone is 1. The van der Waals surface area contributed by atoms with Crippen molar-refractivity contribution < 1.29 is 19.1 Å². The van der Waals surface area contributed by atoms with E-state index in [0.29, 0.717) is 0 Å². The zero-order valence-electron chi connectivity index (χ0n) is 14.1. The SMILES string of the molecule is CC12CCCCCC=C1[C@H](CC(=O)OCc1ccccc1)OC2=O. The molecule has 2 aliphatic rings. The molecule has 1 heterocycles. The molecule has 1 unspecified atom stereocenters. The minimum absolute atomic E-state index is 0.0972. The van der Waals surface area contributed by atoms with Gasteiger partial charge in [0.2, 0.25) is 0 Å². The number of esters is 2. The number of rotatable bonds is 4. The minimum atomic E-state index is -0.565.